The van der Waals surface area contributed by atoms with Crippen molar-refractivity contribution in [3.05, 3.63) is 53.2 Å². The third-order valence-electron chi connectivity index (χ3n) is 6.11. The van der Waals surface area contributed by atoms with E-state index in [-0.39, 0.29) is 18.1 Å². The van der Waals surface area contributed by atoms with Crippen LogP contribution in [0.3, 0.4) is 0 Å². The molecule has 7 heteroatoms. The molecule has 0 spiro atoms. The van der Waals surface area contributed by atoms with E-state index < -0.39 is 5.92 Å². The highest BCUT2D eigenvalue weighted by Gasteiger charge is 2.41. The lowest BCUT2D eigenvalue weighted by Crippen LogP contribution is -2.40. The van der Waals surface area contributed by atoms with Crippen molar-refractivity contribution in [1.29, 1.82) is 0 Å². The number of Topliss-reactive ketones (excluding diaryl/α,β-unsaturated/α-hetero) is 1. The molecule has 7 nitrogen and oxygen atoms in total. The zero-order chi connectivity index (χ0) is 22.8. The summed E-state index contributed by atoms with van der Waals surface area (Å²) in [5, 5.41) is 0. The summed E-state index contributed by atoms with van der Waals surface area (Å²) in [5.74, 6) is 1.97. The Bertz CT molecular complexity index is 1090. The highest BCUT2D eigenvalue weighted by atomic mass is 16.5. The summed E-state index contributed by atoms with van der Waals surface area (Å²) >= 11 is 0. The molecule has 0 N–H and O–H groups in total. The summed E-state index contributed by atoms with van der Waals surface area (Å²) in [6.45, 7) is 0. The topological polar surface area (TPSA) is 74.3 Å². The Morgan fingerprint density at radius 1 is 0.812 bits per heavy atom. The Balaban J connectivity index is 1.92. The van der Waals surface area contributed by atoms with Gasteiger partial charge >= 0.3 is 0 Å². The molecule has 0 aromatic heterocycles. The molecule has 2 aromatic rings. The minimum absolute atomic E-state index is 0.0560. The Hall–Kier alpha value is -3.48. The van der Waals surface area contributed by atoms with Crippen LogP contribution in [0.1, 0.15) is 37.2 Å². The second kappa shape index (κ2) is 8.94. The number of hydrogen-bond donors (Lipinski definition) is 0. The number of hydrogen-bond acceptors (Lipinski definition) is 6. The van der Waals surface area contributed by atoms with Crippen molar-refractivity contribution in [3.63, 3.8) is 0 Å². The molecular formula is C25H27NO6. The molecule has 2 aromatic carbocycles. The number of amides is 1. The predicted molar refractivity (Wildman–Crippen MR) is 120 cm³/mol. The molecule has 0 radical (unpaired) electrons. The van der Waals surface area contributed by atoms with Crippen LogP contribution in [0.15, 0.2) is 47.7 Å². The van der Waals surface area contributed by atoms with E-state index in [9.17, 15) is 9.59 Å². The van der Waals surface area contributed by atoms with Gasteiger partial charge in [0.1, 0.15) is 23.0 Å². The lowest BCUT2D eigenvalue weighted by atomic mass is 9.76. The van der Waals surface area contributed by atoms with E-state index in [1.807, 2.05) is 12.1 Å². The maximum Gasteiger partial charge on any atom is 0.232 e. The molecule has 0 fully saturated rings. The Morgan fingerprint density at radius 3 is 2.12 bits per heavy atom. The maximum absolute atomic E-state index is 13.6. The van der Waals surface area contributed by atoms with Gasteiger partial charge in [0.2, 0.25) is 5.91 Å². The number of carbonyl (C=O) groups excluding carboxylic acids is 2. The standard InChI is InChI=1S/C25H27NO6/c1-29-15-8-10-22(31-3)17(12-15)18-14-24(28)26(19-6-5-7-21(27)25(18)19)20-13-16(30-2)9-11-23(20)32-4/h8-13,18H,5-7,14H2,1-4H3. The number of carbonyl (C=O) groups is 2. The van der Waals surface area contributed by atoms with E-state index in [1.165, 1.54) is 0 Å². The van der Waals surface area contributed by atoms with Crippen molar-refractivity contribution in [2.24, 2.45) is 0 Å². The molecule has 1 aliphatic heterocycles. The van der Waals surface area contributed by atoms with Crippen molar-refractivity contribution in [1.82, 2.24) is 0 Å². The Labute approximate surface area is 187 Å². The largest absolute Gasteiger partial charge is 0.497 e. The number of ketones is 1. The molecule has 0 saturated heterocycles. The number of allylic oxidation sites excluding steroid dienone is 2. The van der Waals surface area contributed by atoms with Gasteiger partial charge < -0.3 is 18.9 Å². The lowest BCUT2D eigenvalue weighted by Gasteiger charge is -2.39. The number of nitrogens with zero attached hydrogens (tertiary/aromatic N) is 1. The van der Waals surface area contributed by atoms with Crippen LogP contribution in [0.25, 0.3) is 0 Å². The smallest absolute Gasteiger partial charge is 0.232 e. The van der Waals surface area contributed by atoms with Gasteiger partial charge in [0, 0.05) is 41.7 Å². The maximum atomic E-state index is 13.6. The molecule has 1 atom stereocenters. The zero-order valence-electron chi connectivity index (χ0n) is 18.8. The number of anilines is 1. The van der Waals surface area contributed by atoms with Crippen molar-refractivity contribution in [3.8, 4) is 23.0 Å². The Kier molecular flexibility index (Phi) is 6.08. The van der Waals surface area contributed by atoms with E-state index in [0.29, 0.717) is 53.5 Å². The first-order valence-electron chi connectivity index (χ1n) is 10.6. The van der Waals surface area contributed by atoms with Crippen LogP contribution in [0.2, 0.25) is 0 Å². The van der Waals surface area contributed by atoms with Gasteiger partial charge in [-0.1, -0.05) is 0 Å². The van der Waals surface area contributed by atoms with Crippen LogP contribution < -0.4 is 23.8 Å². The fourth-order valence-electron chi connectivity index (χ4n) is 4.62. The first-order valence-corrected chi connectivity index (χ1v) is 10.6. The normalized spacial score (nSPS) is 18.4. The number of rotatable bonds is 6. The molecule has 1 heterocycles. The van der Waals surface area contributed by atoms with E-state index in [0.717, 1.165) is 11.3 Å². The average molecular weight is 437 g/mol. The molecule has 32 heavy (non-hydrogen) atoms. The summed E-state index contributed by atoms with van der Waals surface area (Å²) in [5.41, 5.74) is 2.74. The van der Waals surface area contributed by atoms with Gasteiger partial charge in [0.25, 0.3) is 0 Å². The number of benzene rings is 2. The van der Waals surface area contributed by atoms with E-state index >= 15 is 0 Å². The molecule has 0 bridgehead atoms. The third kappa shape index (κ3) is 3.68. The molecule has 1 aliphatic carbocycles. The number of methoxy groups -OCH3 is 4. The van der Waals surface area contributed by atoms with Crippen LogP contribution >= 0.6 is 0 Å². The Morgan fingerprint density at radius 2 is 1.47 bits per heavy atom. The molecule has 1 unspecified atom stereocenters. The third-order valence-corrected chi connectivity index (χ3v) is 6.11. The summed E-state index contributed by atoms with van der Waals surface area (Å²) < 4.78 is 21.9. The monoisotopic (exact) mass is 437 g/mol. The quantitative estimate of drug-likeness (QED) is 0.673. The highest BCUT2D eigenvalue weighted by molar-refractivity contribution is 6.08. The van der Waals surface area contributed by atoms with Crippen LogP contribution in [-0.2, 0) is 9.59 Å². The summed E-state index contributed by atoms with van der Waals surface area (Å²) in [7, 11) is 6.31. The molecule has 2 aliphatic rings. The fourth-order valence-corrected chi connectivity index (χ4v) is 4.62. The zero-order valence-corrected chi connectivity index (χ0v) is 18.8. The lowest BCUT2D eigenvalue weighted by molar-refractivity contribution is -0.120. The summed E-state index contributed by atoms with van der Waals surface area (Å²) in [6, 6.07) is 10.8. The van der Waals surface area contributed by atoms with Gasteiger partial charge in [-0.25, -0.2) is 0 Å². The second-order valence-corrected chi connectivity index (χ2v) is 7.77. The second-order valence-electron chi connectivity index (χ2n) is 7.77. The van der Waals surface area contributed by atoms with Gasteiger partial charge in [-0.05, 0) is 43.2 Å². The van der Waals surface area contributed by atoms with Crippen molar-refractivity contribution < 1.29 is 28.5 Å². The van der Waals surface area contributed by atoms with Gasteiger partial charge in [-0.2, -0.15) is 0 Å². The molecule has 0 saturated carbocycles. The predicted octanol–water partition coefficient (Wildman–Crippen LogP) is 4.25. The molecule has 1 amide bonds. The minimum atomic E-state index is -0.400. The average Bonchev–Trinajstić information content (AvgIpc) is 2.82. The molecular weight excluding hydrogens is 410 g/mol. The van der Waals surface area contributed by atoms with E-state index in [2.05, 4.69) is 0 Å². The molecule has 168 valence electrons. The SMILES string of the molecule is COc1ccc(OC)c(C2CC(=O)N(c3cc(OC)ccc3OC)C3=C2C(=O)CCC3)c1. The first kappa shape index (κ1) is 21.7. The van der Waals surface area contributed by atoms with Gasteiger partial charge in [-0.3, -0.25) is 14.5 Å². The summed E-state index contributed by atoms with van der Waals surface area (Å²) in [6.07, 6.45) is 1.90. The number of ether oxygens (including phenoxy) is 4. The van der Waals surface area contributed by atoms with Crippen molar-refractivity contribution >= 4 is 17.4 Å². The fraction of sp³-hybridized carbons (Fsp3) is 0.360. The van der Waals surface area contributed by atoms with Crippen LogP contribution in [-0.4, -0.2) is 40.1 Å². The van der Waals surface area contributed by atoms with Crippen LogP contribution in [0.4, 0.5) is 5.69 Å². The molecule has 4 rings (SSSR count). The van der Waals surface area contributed by atoms with Crippen molar-refractivity contribution in [2.45, 2.75) is 31.6 Å². The first-order chi connectivity index (χ1) is 15.5. The highest BCUT2D eigenvalue weighted by Crippen LogP contribution is 2.48. The summed E-state index contributed by atoms with van der Waals surface area (Å²) in [4.78, 5) is 28.4. The van der Waals surface area contributed by atoms with E-state index in [4.69, 9.17) is 18.9 Å². The van der Waals surface area contributed by atoms with Gasteiger partial charge in [0.05, 0.1) is 34.1 Å². The van der Waals surface area contributed by atoms with Crippen LogP contribution in [0.5, 0.6) is 23.0 Å². The van der Waals surface area contributed by atoms with Crippen LogP contribution in [0, 0.1) is 0 Å². The minimum Gasteiger partial charge on any atom is -0.497 e. The van der Waals surface area contributed by atoms with E-state index in [1.54, 1.807) is 57.6 Å². The van der Waals surface area contributed by atoms with Gasteiger partial charge in [-0.15, -0.1) is 0 Å². The van der Waals surface area contributed by atoms with Gasteiger partial charge in [0.15, 0.2) is 5.78 Å². The van der Waals surface area contributed by atoms with Crippen molar-refractivity contribution in [2.75, 3.05) is 33.3 Å².